The fourth-order valence-corrected chi connectivity index (χ4v) is 2.70. The molecule has 2 rings (SSSR count). The third-order valence-corrected chi connectivity index (χ3v) is 3.79. The molecular formula is C13H17BrN2O3. The summed E-state index contributed by atoms with van der Waals surface area (Å²) in [5, 5.41) is 10.9. The quantitative estimate of drug-likeness (QED) is 0.632. The molecule has 1 aliphatic rings. The zero-order chi connectivity index (χ0) is 14.0. The average molecular weight is 329 g/mol. The van der Waals surface area contributed by atoms with Crippen LogP contribution in [0.1, 0.15) is 19.4 Å². The van der Waals surface area contributed by atoms with Gasteiger partial charge in [0.15, 0.2) is 0 Å². The minimum Gasteiger partial charge on any atom is -0.373 e. The Labute approximate surface area is 120 Å². The van der Waals surface area contributed by atoms with Crippen LogP contribution in [0.2, 0.25) is 0 Å². The van der Waals surface area contributed by atoms with Crippen molar-refractivity contribution < 1.29 is 9.66 Å². The SMILES string of the molecule is CC1(C)CN(Cc2ccc(Br)c([N+](=O)[O-])c2)CCO1. The van der Waals surface area contributed by atoms with Crippen molar-refractivity contribution in [3.63, 3.8) is 0 Å². The molecule has 104 valence electrons. The number of morpholine rings is 1. The van der Waals surface area contributed by atoms with E-state index in [9.17, 15) is 10.1 Å². The van der Waals surface area contributed by atoms with Gasteiger partial charge in [0.2, 0.25) is 0 Å². The number of hydrogen-bond acceptors (Lipinski definition) is 4. The maximum atomic E-state index is 10.9. The maximum Gasteiger partial charge on any atom is 0.283 e. The molecule has 0 atom stereocenters. The van der Waals surface area contributed by atoms with Crippen LogP contribution in [-0.2, 0) is 11.3 Å². The third-order valence-electron chi connectivity index (χ3n) is 3.12. The van der Waals surface area contributed by atoms with Gasteiger partial charge >= 0.3 is 0 Å². The third kappa shape index (κ3) is 3.75. The summed E-state index contributed by atoms with van der Waals surface area (Å²) in [5.41, 5.74) is 0.914. The van der Waals surface area contributed by atoms with Gasteiger partial charge in [-0.3, -0.25) is 15.0 Å². The molecule has 0 saturated carbocycles. The smallest absolute Gasteiger partial charge is 0.283 e. The van der Waals surface area contributed by atoms with Crippen LogP contribution in [0.5, 0.6) is 0 Å². The van der Waals surface area contributed by atoms with Crippen molar-refractivity contribution in [1.82, 2.24) is 4.90 Å². The lowest BCUT2D eigenvalue weighted by Gasteiger charge is -2.38. The first kappa shape index (κ1) is 14.4. The van der Waals surface area contributed by atoms with Crippen LogP contribution >= 0.6 is 15.9 Å². The monoisotopic (exact) mass is 328 g/mol. The van der Waals surface area contributed by atoms with Gasteiger partial charge in [0.1, 0.15) is 0 Å². The zero-order valence-electron chi connectivity index (χ0n) is 11.1. The van der Waals surface area contributed by atoms with Crippen molar-refractivity contribution in [2.45, 2.75) is 26.0 Å². The van der Waals surface area contributed by atoms with Crippen LogP contribution in [0.3, 0.4) is 0 Å². The maximum absolute atomic E-state index is 10.9. The Morgan fingerprint density at radius 2 is 2.26 bits per heavy atom. The molecule has 0 unspecified atom stereocenters. The number of benzene rings is 1. The first-order valence-corrected chi connectivity index (χ1v) is 6.96. The summed E-state index contributed by atoms with van der Waals surface area (Å²) in [7, 11) is 0. The van der Waals surface area contributed by atoms with Crippen molar-refractivity contribution in [2.24, 2.45) is 0 Å². The molecule has 1 saturated heterocycles. The lowest BCUT2D eigenvalue weighted by Crippen LogP contribution is -2.47. The lowest BCUT2D eigenvalue weighted by atomic mass is 10.1. The molecule has 0 aromatic heterocycles. The summed E-state index contributed by atoms with van der Waals surface area (Å²) in [4.78, 5) is 12.8. The molecule has 1 heterocycles. The van der Waals surface area contributed by atoms with Crippen LogP contribution in [-0.4, -0.2) is 35.1 Å². The van der Waals surface area contributed by atoms with Crippen LogP contribution in [0, 0.1) is 10.1 Å². The summed E-state index contributed by atoms with van der Waals surface area (Å²) in [6.07, 6.45) is 0. The number of rotatable bonds is 3. The standard InChI is InChI=1S/C13H17BrN2O3/c1-13(2)9-15(5-6-19-13)8-10-3-4-11(14)12(7-10)16(17)18/h3-4,7H,5-6,8-9H2,1-2H3. The summed E-state index contributed by atoms with van der Waals surface area (Å²) < 4.78 is 6.17. The van der Waals surface area contributed by atoms with E-state index in [2.05, 4.69) is 34.7 Å². The molecule has 1 fully saturated rings. The highest BCUT2D eigenvalue weighted by atomic mass is 79.9. The van der Waals surface area contributed by atoms with Gasteiger partial charge < -0.3 is 4.74 Å². The van der Waals surface area contributed by atoms with Crippen LogP contribution in [0.25, 0.3) is 0 Å². The van der Waals surface area contributed by atoms with Crippen molar-refractivity contribution >= 4 is 21.6 Å². The van der Waals surface area contributed by atoms with E-state index in [1.54, 1.807) is 12.1 Å². The first-order valence-electron chi connectivity index (χ1n) is 6.16. The fraction of sp³-hybridized carbons (Fsp3) is 0.538. The number of halogens is 1. The van der Waals surface area contributed by atoms with Gasteiger partial charge in [0.05, 0.1) is 21.6 Å². The molecule has 0 radical (unpaired) electrons. The summed E-state index contributed by atoms with van der Waals surface area (Å²) in [6.45, 7) is 7.21. The van der Waals surface area contributed by atoms with Crippen molar-refractivity contribution in [1.29, 1.82) is 0 Å². The second-order valence-electron chi connectivity index (χ2n) is 5.36. The van der Waals surface area contributed by atoms with Crippen LogP contribution in [0.15, 0.2) is 22.7 Å². The molecule has 1 aromatic carbocycles. The predicted octanol–water partition coefficient (Wildman–Crippen LogP) is 2.97. The largest absolute Gasteiger partial charge is 0.373 e. The van der Waals surface area contributed by atoms with Crippen molar-refractivity contribution in [3.8, 4) is 0 Å². The molecule has 0 N–H and O–H groups in total. The van der Waals surface area contributed by atoms with Gasteiger partial charge in [-0.05, 0) is 41.4 Å². The highest BCUT2D eigenvalue weighted by Crippen LogP contribution is 2.27. The van der Waals surface area contributed by atoms with Crippen molar-refractivity contribution in [3.05, 3.63) is 38.3 Å². The Hall–Kier alpha value is -0.980. The number of nitrogens with zero attached hydrogens (tertiary/aromatic N) is 2. The average Bonchev–Trinajstić information content (AvgIpc) is 2.30. The normalized spacial score (nSPS) is 19.3. The number of nitro groups is 1. The molecule has 5 nitrogen and oxygen atoms in total. The van der Waals surface area contributed by atoms with Gasteiger partial charge in [-0.15, -0.1) is 0 Å². The minimum atomic E-state index is -0.364. The highest BCUT2D eigenvalue weighted by molar-refractivity contribution is 9.10. The van der Waals surface area contributed by atoms with Gasteiger partial charge in [-0.25, -0.2) is 0 Å². The van der Waals surface area contributed by atoms with E-state index in [1.165, 1.54) is 0 Å². The van der Waals surface area contributed by atoms with Crippen LogP contribution < -0.4 is 0 Å². The van der Waals surface area contributed by atoms with E-state index in [1.807, 2.05) is 6.07 Å². The molecule has 1 aliphatic heterocycles. The van der Waals surface area contributed by atoms with Crippen LogP contribution in [0.4, 0.5) is 5.69 Å². The molecule has 0 aliphatic carbocycles. The Morgan fingerprint density at radius 1 is 1.53 bits per heavy atom. The molecule has 0 spiro atoms. The van der Waals surface area contributed by atoms with Gasteiger partial charge in [0, 0.05) is 25.7 Å². The molecule has 0 amide bonds. The number of hydrogen-bond donors (Lipinski definition) is 0. The second kappa shape index (κ2) is 5.56. The van der Waals surface area contributed by atoms with E-state index < -0.39 is 0 Å². The van der Waals surface area contributed by atoms with E-state index >= 15 is 0 Å². The summed E-state index contributed by atoms with van der Waals surface area (Å²) in [5.74, 6) is 0. The fourth-order valence-electron chi connectivity index (χ4n) is 2.30. The van der Waals surface area contributed by atoms with Crippen molar-refractivity contribution in [2.75, 3.05) is 19.7 Å². The van der Waals surface area contributed by atoms with E-state index in [-0.39, 0.29) is 16.2 Å². The molecule has 1 aromatic rings. The minimum absolute atomic E-state index is 0.116. The highest BCUT2D eigenvalue weighted by Gasteiger charge is 2.27. The van der Waals surface area contributed by atoms with Gasteiger partial charge in [0.25, 0.3) is 5.69 Å². The Morgan fingerprint density at radius 3 is 2.89 bits per heavy atom. The molecule has 19 heavy (non-hydrogen) atoms. The Bertz CT molecular complexity index is 491. The lowest BCUT2D eigenvalue weighted by molar-refractivity contribution is -0.385. The zero-order valence-corrected chi connectivity index (χ0v) is 12.6. The predicted molar refractivity (Wildman–Crippen MR) is 76.1 cm³/mol. The van der Waals surface area contributed by atoms with E-state index in [4.69, 9.17) is 4.74 Å². The molecule has 0 bridgehead atoms. The van der Waals surface area contributed by atoms with Gasteiger partial charge in [-0.2, -0.15) is 0 Å². The topological polar surface area (TPSA) is 55.6 Å². The van der Waals surface area contributed by atoms with Gasteiger partial charge in [-0.1, -0.05) is 6.07 Å². The summed E-state index contributed by atoms with van der Waals surface area (Å²) >= 11 is 3.20. The number of nitro benzene ring substituents is 1. The molecule has 6 heteroatoms. The number of ether oxygens (including phenoxy) is 1. The van der Waals surface area contributed by atoms with E-state index in [0.29, 0.717) is 17.6 Å². The molecular weight excluding hydrogens is 312 g/mol. The Balaban J connectivity index is 2.11. The Kier molecular flexibility index (Phi) is 4.23. The summed E-state index contributed by atoms with van der Waals surface area (Å²) in [6, 6.07) is 5.28. The second-order valence-corrected chi connectivity index (χ2v) is 6.22. The first-order chi connectivity index (χ1) is 8.87. The van der Waals surface area contributed by atoms with E-state index in [0.717, 1.165) is 18.7 Å².